The van der Waals surface area contributed by atoms with Gasteiger partial charge in [0.25, 0.3) is 0 Å². The summed E-state index contributed by atoms with van der Waals surface area (Å²) in [6.07, 6.45) is -1.19. The predicted molar refractivity (Wildman–Crippen MR) is 31.0 cm³/mol. The summed E-state index contributed by atoms with van der Waals surface area (Å²) in [7, 11) is 0. The van der Waals surface area contributed by atoms with Gasteiger partial charge >= 0.3 is 6.09 Å². The molecule has 1 atom stereocenters. The Morgan fingerprint density at radius 1 is 1.80 bits per heavy atom. The van der Waals surface area contributed by atoms with Gasteiger partial charge in [-0.25, -0.2) is 15.6 Å². The highest BCUT2D eigenvalue weighted by Gasteiger charge is 2.17. The molecule has 0 aromatic rings. The van der Waals surface area contributed by atoms with Crippen LogP contribution in [0.2, 0.25) is 0 Å². The normalized spacial score (nSPS) is 12.2. The predicted octanol–water partition coefficient (Wildman–Crippen LogP) is -1.60. The van der Waals surface area contributed by atoms with Crippen LogP contribution < -0.4 is 5.84 Å². The van der Waals surface area contributed by atoms with E-state index >= 15 is 0 Å². The average Bonchev–Trinajstić information content (AvgIpc) is 1.90. The second-order valence-electron chi connectivity index (χ2n) is 1.58. The number of aldehydes is 1. The molecule has 0 aromatic heterocycles. The SMILES string of the molecule is NN(C(=O)O)C(C=O)CO. The molecule has 6 heteroatoms. The minimum absolute atomic E-state index is 0.243. The summed E-state index contributed by atoms with van der Waals surface area (Å²) in [6.45, 7) is -0.605. The lowest BCUT2D eigenvalue weighted by Gasteiger charge is -2.16. The molecule has 0 aliphatic carbocycles. The number of rotatable bonds is 3. The second kappa shape index (κ2) is 3.80. The van der Waals surface area contributed by atoms with E-state index in [9.17, 15) is 9.59 Å². The lowest BCUT2D eigenvalue weighted by molar-refractivity contribution is -0.113. The number of carbonyl (C=O) groups is 2. The van der Waals surface area contributed by atoms with E-state index in [0.717, 1.165) is 0 Å². The maximum Gasteiger partial charge on any atom is 0.422 e. The first-order valence-corrected chi connectivity index (χ1v) is 2.46. The van der Waals surface area contributed by atoms with E-state index in [1.807, 2.05) is 0 Å². The minimum Gasteiger partial charge on any atom is -0.464 e. The van der Waals surface area contributed by atoms with Crippen LogP contribution in [0.1, 0.15) is 0 Å². The molecule has 58 valence electrons. The summed E-state index contributed by atoms with van der Waals surface area (Å²) in [5.41, 5.74) is 0. The number of carboxylic acid groups (broad SMARTS) is 1. The standard InChI is InChI=1S/C4H8N2O4/c5-6(4(9)10)3(1-7)2-8/h1,3,8H,2,5H2,(H,9,10). The van der Waals surface area contributed by atoms with Gasteiger partial charge in [0.05, 0.1) is 6.61 Å². The summed E-state index contributed by atoms with van der Waals surface area (Å²) in [5, 5.41) is 16.7. The molecule has 0 radical (unpaired) electrons. The van der Waals surface area contributed by atoms with Crippen LogP contribution in [0.4, 0.5) is 4.79 Å². The maximum absolute atomic E-state index is 9.99. The number of aliphatic hydroxyl groups excluding tert-OH is 1. The molecule has 0 rings (SSSR count). The van der Waals surface area contributed by atoms with Crippen LogP contribution >= 0.6 is 0 Å². The molecule has 0 spiro atoms. The third kappa shape index (κ3) is 2.00. The first-order valence-electron chi connectivity index (χ1n) is 2.46. The Morgan fingerprint density at radius 3 is 2.40 bits per heavy atom. The van der Waals surface area contributed by atoms with E-state index in [1.165, 1.54) is 0 Å². The zero-order valence-corrected chi connectivity index (χ0v) is 5.10. The average molecular weight is 148 g/mol. The summed E-state index contributed by atoms with van der Waals surface area (Å²) in [4.78, 5) is 19.9. The highest BCUT2D eigenvalue weighted by molar-refractivity contribution is 5.70. The Kier molecular flexibility index (Phi) is 3.37. The van der Waals surface area contributed by atoms with Crippen molar-refractivity contribution >= 4 is 12.4 Å². The Morgan fingerprint density at radius 2 is 2.30 bits per heavy atom. The Balaban J connectivity index is 4.00. The molecule has 1 unspecified atom stereocenters. The fourth-order valence-corrected chi connectivity index (χ4v) is 0.338. The van der Waals surface area contributed by atoms with Gasteiger partial charge in [-0.1, -0.05) is 0 Å². The molecule has 6 nitrogen and oxygen atoms in total. The Bertz CT molecular complexity index is 137. The van der Waals surface area contributed by atoms with Gasteiger partial charge in [-0.3, -0.25) is 0 Å². The van der Waals surface area contributed by atoms with Crippen molar-refractivity contribution in [2.24, 2.45) is 5.84 Å². The van der Waals surface area contributed by atoms with Crippen LogP contribution in [0, 0.1) is 0 Å². The summed E-state index contributed by atoms with van der Waals surface area (Å²) >= 11 is 0. The molecule has 0 aliphatic heterocycles. The van der Waals surface area contributed by atoms with Crippen LogP contribution in [0.15, 0.2) is 0 Å². The Labute approximate surface area is 56.8 Å². The number of nitrogens with two attached hydrogens (primary N) is 1. The monoisotopic (exact) mass is 148 g/mol. The van der Waals surface area contributed by atoms with Gasteiger partial charge in [0.1, 0.15) is 12.3 Å². The number of aliphatic hydroxyl groups is 1. The molecule has 0 saturated heterocycles. The number of amides is 1. The van der Waals surface area contributed by atoms with Gasteiger partial charge in [0.15, 0.2) is 0 Å². The Hall–Kier alpha value is -1.14. The first-order chi connectivity index (χ1) is 4.63. The third-order valence-electron chi connectivity index (χ3n) is 0.922. The summed E-state index contributed by atoms with van der Waals surface area (Å²) in [5.74, 6) is 4.82. The first kappa shape index (κ1) is 8.86. The molecular weight excluding hydrogens is 140 g/mol. The van der Waals surface area contributed by atoms with E-state index in [4.69, 9.17) is 16.1 Å². The van der Waals surface area contributed by atoms with E-state index in [-0.39, 0.29) is 11.3 Å². The summed E-state index contributed by atoms with van der Waals surface area (Å²) < 4.78 is 0. The topological polar surface area (TPSA) is 104 Å². The maximum atomic E-state index is 9.99. The van der Waals surface area contributed by atoms with Crippen LogP contribution in [0.25, 0.3) is 0 Å². The van der Waals surface area contributed by atoms with Crippen molar-refractivity contribution in [1.29, 1.82) is 0 Å². The lowest BCUT2D eigenvalue weighted by atomic mass is 10.3. The smallest absolute Gasteiger partial charge is 0.422 e. The molecule has 0 bridgehead atoms. The quantitative estimate of drug-likeness (QED) is 0.193. The van der Waals surface area contributed by atoms with Crippen molar-refractivity contribution in [2.45, 2.75) is 6.04 Å². The van der Waals surface area contributed by atoms with Crippen LogP contribution in [-0.4, -0.2) is 40.3 Å². The van der Waals surface area contributed by atoms with E-state index in [0.29, 0.717) is 0 Å². The molecular formula is C4H8N2O4. The number of nitrogens with zero attached hydrogens (tertiary/aromatic N) is 1. The van der Waals surface area contributed by atoms with Crippen LogP contribution in [0.5, 0.6) is 0 Å². The largest absolute Gasteiger partial charge is 0.464 e. The fraction of sp³-hybridized carbons (Fsp3) is 0.500. The van der Waals surface area contributed by atoms with Crippen molar-refractivity contribution < 1.29 is 19.8 Å². The summed E-state index contributed by atoms with van der Waals surface area (Å²) in [6, 6.07) is -1.17. The number of hydrazine groups is 1. The molecule has 4 N–H and O–H groups in total. The minimum atomic E-state index is -1.45. The van der Waals surface area contributed by atoms with Crippen molar-refractivity contribution in [3.05, 3.63) is 0 Å². The van der Waals surface area contributed by atoms with E-state index in [2.05, 4.69) is 0 Å². The van der Waals surface area contributed by atoms with Gasteiger partial charge in [-0.15, -0.1) is 0 Å². The molecule has 10 heavy (non-hydrogen) atoms. The van der Waals surface area contributed by atoms with Crippen molar-refractivity contribution in [3.8, 4) is 0 Å². The molecule has 0 heterocycles. The lowest BCUT2D eigenvalue weighted by Crippen LogP contribution is -2.47. The highest BCUT2D eigenvalue weighted by atomic mass is 16.4. The van der Waals surface area contributed by atoms with Crippen LogP contribution in [-0.2, 0) is 4.79 Å². The van der Waals surface area contributed by atoms with Gasteiger partial charge in [0, 0.05) is 0 Å². The van der Waals surface area contributed by atoms with Crippen molar-refractivity contribution in [1.82, 2.24) is 5.01 Å². The third-order valence-corrected chi connectivity index (χ3v) is 0.922. The second-order valence-corrected chi connectivity index (χ2v) is 1.58. The highest BCUT2D eigenvalue weighted by Crippen LogP contribution is 1.87. The van der Waals surface area contributed by atoms with Crippen LogP contribution in [0.3, 0.4) is 0 Å². The van der Waals surface area contributed by atoms with Crippen molar-refractivity contribution in [2.75, 3.05) is 6.61 Å². The van der Waals surface area contributed by atoms with Gasteiger partial charge in [0.2, 0.25) is 0 Å². The number of carbonyl (C=O) groups excluding carboxylic acids is 1. The number of hydrogen-bond acceptors (Lipinski definition) is 4. The van der Waals surface area contributed by atoms with Gasteiger partial charge < -0.3 is 15.0 Å². The zero-order valence-electron chi connectivity index (χ0n) is 5.10. The van der Waals surface area contributed by atoms with E-state index in [1.54, 1.807) is 0 Å². The molecule has 0 saturated carbocycles. The van der Waals surface area contributed by atoms with Crippen molar-refractivity contribution in [3.63, 3.8) is 0 Å². The van der Waals surface area contributed by atoms with E-state index < -0.39 is 18.7 Å². The van der Waals surface area contributed by atoms with Gasteiger partial charge in [-0.05, 0) is 0 Å². The van der Waals surface area contributed by atoms with Gasteiger partial charge in [-0.2, -0.15) is 0 Å². The molecule has 0 fully saturated rings. The molecule has 0 aromatic carbocycles. The molecule has 1 amide bonds. The zero-order chi connectivity index (χ0) is 8.15. The molecule has 0 aliphatic rings. The fourth-order valence-electron chi connectivity index (χ4n) is 0.338. The number of hydrogen-bond donors (Lipinski definition) is 3.